The van der Waals surface area contributed by atoms with Crippen molar-refractivity contribution in [3.05, 3.63) is 83.9 Å². The number of benzene rings is 2. The summed E-state index contributed by atoms with van der Waals surface area (Å²) in [4.78, 5) is 2.24. The topological polar surface area (TPSA) is 32.7 Å². The first-order valence-electron chi connectivity index (χ1n) is 8.08. The highest BCUT2D eigenvalue weighted by Gasteiger charge is 2.22. The van der Waals surface area contributed by atoms with E-state index in [9.17, 15) is 5.11 Å². The largest absolute Gasteiger partial charge is 0.389 e. The van der Waals surface area contributed by atoms with E-state index < -0.39 is 6.10 Å². The Balaban J connectivity index is 1.55. The number of aliphatic hydroxyl groups is 1. The maximum atomic E-state index is 10.5. The molecule has 2 unspecified atom stereocenters. The van der Waals surface area contributed by atoms with E-state index in [1.54, 1.807) is 0 Å². The molecule has 1 aliphatic rings. The highest BCUT2D eigenvalue weighted by atomic mass is 16.5. The van der Waals surface area contributed by atoms with E-state index in [2.05, 4.69) is 23.1 Å². The summed E-state index contributed by atoms with van der Waals surface area (Å²) in [6.07, 6.45) is 3.31. The number of rotatable bonds is 5. The highest BCUT2D eigenvalue weighted by Crippen LogP contribution is 2.14. The number of aliphatic hydroxyl groups excluding tert-OH is 1. The number of hydrogen-bond donors (Lipinski definition) is 1. The van der Waals surface area contributed by atoms with Gasteiger partial charge in [0.15, 0.2) is 0 Å². The standard InChI is InChI=1S/C20H23NO2/c22-19-15-21(14-17-8-3-1-4-9-17)13-7-12-20(19)23-16-18-10-5-2-6-11-18/h1-12,19-20,22H,13-16H2. The van der Waals surface area contributed by atoms with Crippen LogP contribution < -0.4 is 0 Å². The van der Waals surface area contributed by atoms with Gasteiger partial charge in [0.2, 0.25) is 0 Å². The minimum Gasteiger partial charge on any atom is -0.389 e. The van der Waals surface area contributed by atoms with Crippen LogP contribution in [-0.2, 0) is 17.9 Å². The highest BCUT2D eigenvalue weighted by molar-refractivity contribution is 5.15. The Morgan fingerprint density at radius 3 is 2.30 bits per heavy atom. The zero-order valence-corrected chi connectivity index (χ0v) is 13.2. The van der Waals surface area contributed by atoms with Gasteiger partial charge in [-0.05, 0) is 11.1 Å². The molecule has 23 heavy (non-hydrogen) atoms. The van der Waals surface area contributed by atoms with Crippen molar-refractivity contribution in [3.63, 3.8) is 0 Å². The molecule has 1 heterocycles. The Morgan fingerprint density at radius 1 is 0.957 bits per heavy atom. The molecule has 2 aromatic carbocycles. The summed E-state index contributed by atoms with van der Waals surface area (Å²) in [7, 11) is 0. The lowest BCUT2D eigenvalue weighted by molar-refractivity contribution is -0.0283. The number of ether oxygens (including phenoxy) is 1. The minimum atomic E-state index is -0.513. The molecular formula is C20H23NO2. The zero-order valence-electron chi connectivity index (χ0n) is 13.2. The van der Waals surface area contributed by atoms with Gasteiger partial charge in [-0.2, -0.15) is 0 Å². The smallest absolute Gasteiger partial charge is 0.103 e. The molecule has 0 amide bonds. The first-order chi connectivity index (χ1) is 11.3. The third kappa shape index (κ3) is 4.76. The number of β-amino-alcohol motifs (C(OH)–C–C–N with tert-alkyl or cyclic N) is 1. The molecule has 0 aliphatic carbocycles. The van der Waals surface area contributed by atoms with E-state index in [4.69, 9.17) is 4.74 Å². The minimum absolute atomic E-state index is 0.254. The monoisotopic (exact) mass is 309 g/mol. The van der Waals surface area contributed by atoms with E-state index in [1.165, 1.54) is 5.56 Å². The normalized spacial score (nSPS) is 22.0. The van der Waals surface area contributed by atoms with Gasteiger partial charge in [-0.1, -0.05) is 72.8 Å². The SMILES string of the molecule is OC1CN(Cc2ccccc2)CC=CC1OCc1ccccc1. The van der Waals surface area contributed by atoms with E-state index in [0.29, 0.717) is 13.2 Å². The second kappa shape index (κ2) is 8.06. The summed E-state index contributed by atoms with van der Waals surface area (Å²) in [6.45, 7) is 2.80. The molecular weight excluding hydrogens is 286 g/mol. The lowest BCUT2D eigenvalue weighted by Crippen LogP contribution is -2.37. The lowest BCUT2D eigenvalue weighted by atomic mass is 10.1. The van der Waals surface area contributed by atoms with Gasteiger partial charge in [-0.25, -0.2) is 0 Å². The predicted molar refractivity (Wildman–Crippen MR) is 91.9 cm³/mol. The average molecular weight is 309 g/mol. The molecule has 2 aromatic rings. The summed E-state index contributed by atoms with van der Waals surface area (Å²) in [5, 5.41) is 10.5. The predicted octanol–water partition coefficient (Wildman–Crippen LogP) is 3.00. The van der Waals surface area contributed by atoms with Crippen molar-refractivity contribution in [1.82, 2.24) is 4.90 Å². The maximum Gasteiger partial charge on any atom is 0.103 e. The van der Waals surface area contributed by atoms with Gasteiger partial charge in [0, 0.05) is 19.6 Å². The van der Waals surface area contributed by atoms with Gasteiger partial charge in [0.25, 0.3) is 0 Å². The molecule has 0 fully saturated rings. The van der Waals surface area contributed by atoms with Crippen molar-refractivity contribution in [2.75, 3.05) is 13.1 Å². The molecule has 120 valence electrons. The second-order valence-corrected chi connectivity index (χ2v) is 5.94. The van der Waals surface area contributed by atoms with Crippen LogP contribution in [0.5, 0.6) is 0 Å². The molecule has 1 N–H and O–H groups in total. The van der Waals surface area contributed by atoms with E-state index in [1.807, 2.05) is 54.6 Å². The summed E-state index contributed by atoms with van der Waals surface area (Å²) >= 11 is 0. The fourth-order valence-corrected chi connectivity index (χ4v) is 2.82. The van der Waals surface area contributed by atoms with Crippen molar-refractivity contribution >= 4 is 0 Å². The van der Waals surface area contributed by atoms with Gasteiger partial charge in [0.1, 0.15) is 6.10 Å². The van der Waals surface area contributed by atoms with Gasteiger partial charge >= 0.3 is 0 Å². The van der Waals surface area contributed by atoms with Crippen molar-refractivity contribution in [1.29, 1.82) is 0 Å². The Kier molecular flexibility index (Phi) is 5.59. The van der Waals surface area contributed by atoms with E-state index in [0.717, 1.165) is 18.7 Å². The molecule has 0 aromatic heterocycles. The van der Waals surface area contributed by atoms with Crippen LogP contribution in [-0.4, -0.2) is 35.3 Å². The molecule has 3 rings (SSSR count). The molecule has 0 radical (unpaired) electrons. The van der Waals surface area contributed by atoms with E-state index in [-0.39, 0.29) is 6.10 Å². The van der Waals surface area contributed by atoms with Crippen molar-refractivity contribution in [3.8, 4) is 0 Å². The molecule has 2 atom stereocenters. The second-order valence-electron chi connectivity index (χ2n) is 5.94. The summed E-state index contributed by atoms with van der Waals surface area (Å²) in [6, 6.07) is 20.4. The third-order valence-electron chi connectivity index (χ3n) is 4.05. The maximum absolute atomic E-state index is 10.5. The van der Waals surface area contributed by atoms with Crippen LogP contribution in [0.3, 0.4) is 0 Å². The number of hydrogen-bond acceptors (Lipinski definition) is 3. The Hall–Kier alpha value is -1.94. The Labute approximate surface area is 137 Å². The first kappa shape index (κ1) is 15.9. The van der Waals surface area contributed by atoms with Crippen LogP contribution in [0.25, 0.3) is 0 Å². The molecule has 3 nitrogen and oxygen atoms in total. The van der Waals surface area contributed by atoms with E-state index >= 15 is 0 Å². The molecule has 0 spiro atoms. The van der Waals surface area contributed by atoms with Gasteiger partial charge < -0.3 is 9.84 Å². The van der Waals surface area contributed by atoms with Crippen LogP contribution in [0.15, 0.2) is 72.8 Å². The zero-order chi connectivity index (χ0) is 15.9. The van der Waals surface area contributed by atoms with Crippen LogP contribution in [0.1, 0.15) is 11.1 Å². The van der Waals surface area contributed by atoms with Crippen LogP contribution >= 0.6 is 0 Å². The Morgan fingerprint density at radius 2 is 1.61 bits per heavy atom. The van der Waals surface area contributed by atoms with Crippen molar-refractivity contribution in [2.24, 2.45) is 0 Å². The average Bonchev–Trinajstić information content (AvgIpc) is 2.76. The molecule has 0 saturated carbocycles. The van der Waals surface area contributed by atoms with Gasteiger partial charge in [-0.15, -0.1) is 0 Å². The third-order valence-corrected chi connectivity index (χ3v) is 4.05. The quantitative estimate of drug-likeness (QED) is 0.862. The Bertz CT molecular complexity index is 612. The van der Waals surface area contributed by atoms with Crippen molar-refractivity contribution < 1.29 is 9.84 Å². The summed E-state index contributed by atoms with van der Waals surface area (Å²) < 4.78 is 5.90. The molecule has 0 saturated heterocycles. The van der Waals surface area contributed by atoms with Crippen LogP contribution in [0, 0.1) is 0 Å². The molecule has 0 bridgehead atoms. The van der Waals surface area contributed by atoms with Crippen LogP contribution in [0.4, 0.5) is 0 Å². The molecule has 1 aliphatic heterocycles. The van der Waals surface area contributed by atoms with Crippen LogP contribution in [0.2, 0.25) is 0 Å². The van der Waals surface area contributed by atoms with Gasteiger partial charge in [-0.3, -0.25) is 4.90 Å². The molecule has 3 heteroatoms. The summed E-state index contributed by atoms with van der Waals surface area (Å²) in [5.74, 6) is 0. The fourth-order valence-electron chi connectivity index (χ4n) is 2.82. The fraction of sp³-hybridized carbons (Fsp3) is 0.300. The summed E-state index contributed by atoms with van der Waals surface area (Å²) in [5.41, 5.74) is 2.38. The number of nitrogens with zero attached hydrogens (tertiary/aromatic N) is 1. The van der Waals surface area contributed by atoms with Gasteiger partial charge in [0.05, 0.1) is 12.7 Å². The first-order valence-corrected chi connectivity index (χ1v) is 8.08. The lowest BCUT2D eigenvalue weighted by Gasteiger charge is -2.25. The van der Waals surface area contributed by atoms with Crippen molar-refractivity contribution in [2.45, 2.75) is 25.4 Å².